The minimum atomic E-state index is 0.412. The summed E-state index contributed by atoms with van der Waals surface area (Å²) in [6.07, 6.45) is 2.21. The van der Waals surface area contributed by atoms with Gasteiger partial charge in [0, 0.05) is 37.9 Å². The Hall–Kier alpha value is -2.69. The highest BCUT2D eigenvalue weighted by atomic mass is 32.1. The molecule has 154 valence electrons. The Bertz CT molecular complexity index is 907. The number of para-hydroxylation sites is 1. The minimum absolute atomic E-state index is 0.412. The Kier molecular flexibility index (Phi) is 7.11. The monoisotopic (exact) mass is 415 g/mol. The van der Waals surface area contributed by atoms with Crippen molar-refractivity contribution in [1.29, 1.82) is 0 Å². The number of benzene rings is 3. The third-order valence-electron chi connectivity index (χ3n) is 5.71. The van der Waals surface area contributed by atoms with E-state index in [-0.39, 0.29) is 0 Å². The van der Waals surface area contributed by atoms with E-state index in [0.29, 0.717) is 6.04 Å². The van der Waals surface area contributed by atoms with Gasteiger partial charge in [0.2, 0.25) is 0 Å². The first-order valence-corrected chi connectivity index (χ1v) is 11.1. The maximum Gasteiger partial charge on any atom is 0.173 e. The lowest BCUT2D eigenvalue weighted by Crippen LogP contribution is -2.50. The molecule has 0 saturated carbocycles. The zero-order chi connectivity index (χ0) is 20.6. The molecule has 1 aliphatic heterocycles. The summed E-state index contributed by atoms with van der Waals surface area (Å²) in [4.78, 5) is 4.88. The Labute approximate surface area is 185 Å². The smallest absolute Gasteiger partial charge is 0.173 e. The minimum Gasteiger partial charge on any atom is -0.358 e. The number of rotatable bonds is 6. The summed E-state index contributed by atoms with van der Waals surface area (Å²) in [5.74, 6) is 0. The summed E-state index contributed by atoms with van der Waals surface area (Å²) in [5.41, 5.74) is 3.80. The number of hydrogen-bond acceptors (Lipinski definition) is 2. The van der Waals surface area contributed by atoms with Crippen molar-refractivity contribution in [3.8, 4) is 0 Å². The van der Waals surface area contributed by atoms with Crippen molar-refractivity contribution in [3.05, 3.63) is 102 Å². The molecule has 1 heterocycles. The second-order valence-corrected chi connectivity index (χ2v) is 8.23. The van der Waals surface area contributed by atoms with E-state index < -0.39 is 0 Å². The number of piperidine rings is 1. The summed E-state index contributed by atoms with van der Waals surface area (Å²) in [5, 5.41) is 4.30. The van der Waals surface area contributed by atoms with E-state index >= 15 is 0 Å². The Morgan fingerprint density at radius 1 is 0.800 bits per heavy atom. The van der Waals surface area contributed by atoms with Crippen LogP contribution in [0, 0.1) is 0 Å². The van der Waals surface area contributed by atoms with Gasteiger partial charge < -0.3 is 10.2 Å². The standard InChI is InChI=1S/C26H29N3S/c30-26(27-20-22-10-4-1-5-11-22)29(24-14-8-3-9-15-24)25-16-18-28(19-17-25)21-23-12-6-2-7-13-23/h1-15,25H,16-21H2,(H,27,30). The first kappa shape index (κ1) is 20.6. The first-order valence-electron chi connectivity index (χ1n) is 10.7. The molecule has 3 aromatic carbocycles. The van der Waals surface area contributed by atoms with Gasteiger partial charge in [-0.2, -0.15) is 0 Å². The molecule has 3 aromatic rings. The van der Waals surface area contributed by atoms with Crippen LogP contribution < -0.4 is 10.2 Å². The average Bonchev–Trinajstić information content (AvgIpc) is 2.81. The predicted molar refractivity (Wildman–Crippen MR) is 130 cm³/mol. The molecule has 0 amide bonds. The molecular formula is C26H29N3S. The van der Waals surface area contributed by atoms with Crippen LogP contribution in [0.4, 0.5) is 5.69 Å². The first-order chi connectivity index (χ1) is 14.8. The maximum absolute atomic E-state index is 5.87. The van der Waals surface area contributed by atoms with E-state index in [0.717, 1.165) is 44.1 Å². The fourth-order valence-electron chi connectivity index (χ4n) is 4.12. The SMILES string of the molecule is S=C(NCc1ccccc1)N(c1ccccc1)C1CCN(Cc2ccccc2)CC1. The molecule has 0 radical (unpaired) electrons. The summed E-state index contributed by atoms with van der Waals surface area (Å²) in [6.45, 7) is 3.94. The van der Waals surface area contributed by atoms with Crippen LogP contribution in [0.1, 0.15) is 24.0 Å². The molecule has 4 heteroatoms. The number of hydrogen-bond donors (Lipinski definition) is 1. The largest absolute Gasteiger partial charge is 0.358 e. The van der Waals surface area contributed by atoms with Crippen molar-refractivity contribution in [3.63, 3.8) is 0 Å². The van der Waals surface area contributed by atoms with E-state index in [4.69, 9.17) is 12.2 Å². The third-order valence-corrected chi connectivity index (χ3v) is 6.05. The van der Waals surface area contributed by atoms with Crippen LogP contribution in [0.3, 0.4) is 0 Å². The number of nitrogens with one attached hydrogen (secondary N) is 1. The molecule has 30 heavy (non-hydrogen) atoms. The van der Waals surface area contributed by atoms with Gasteiger partial charge in [-0.1, -0.05) is 78.9 Å². The van der Waals surface area contributed by atoms with Crippen molar-refractivity contribution in [1.82, 2.24) is 10.2 Å². The third kappa shape index (κ3) is 5.47. The summed E-state index contributed by atoms with van der Waals surface area (Å²) in [7, 11) is 0. The molecular weight excluding hydrogens is 386 g/mol. The highest BCUT2D eigenvalue weighted by molar-refractivity contribution is 7.80. The van der Waals surface area contributed by atoms with Gasteiger partial charge in [0.25, 0.3) is 0 Å². The Morgan fingerprint density at radius 2 is 1.33 bits per heavy atom. The van der Waals surface area contributed by atoms with E-state index in [1.54, 1.807) is 0 Å². The van der Waals surface area contributed by atoms with Crippen LogP contribution in [0.2, 0.25) is 0 Å². The van der Waals surface area contributed by atoms with Crippen molar-refractivity contribution in [2.24, 2.45) is 0 Å². The molecule has 1 fully saturated rings. The maximum atomic E-state index is 5.87. The van der Waals surface area contributed by atoms with E-state index in [1.165, 1.54) is 16.8 Å². The van der Waals surface area contributed by atoms with Gasteiger partial charge in [0.15, 0.2) is 5.11 Å². The van der Waals surface area contributed by atoms with Gasteiger partial charge in [0.05, 0.1) is 0 Å². The van der Waals surface area contributed by atoms with E-state index in [1.807, 2.05) is 6.07 Å². The van der Waals surface area contributed by atoms with Gasteiger partial charge in [0.1, 0.15) is 0 Å². The zero-order valence-corrected chi connectivity index (χ0v) is 18.1. The lowest BCUT2D eigenvalue weighted by Gasteiger charge is -2.40. The Balaban J connectivity index is 1.41. The van der Waals surface area contributed by atoms with Crippen LogP contribution in [-0.4, -0.2) is 29.1 Å². The molecule has 0 aliphatic carbocycles. The van der Waals surface area contributed by atoms with Crippen LogP contribution in [0.25, 0.3) is 0 Å². The van der Waals surface area contributed by atoms with Crippen LogP contribution >= 0.6 is 12.2 Å². The normalized spacial score (nSPS) is 14.9. The molecule has 0 spiro atoms. The van der Waals surface area contributed by atoms with Crippen molar-refractivity contribution in [2.75, 3.05) is 18.0 Å². The lowest BCUT2D eigenvalue weighted by atomic mass is 10.0. The highest BCUT2D eigenvalue weighted by Gasteiger charge is 2.27. The van der Waals surface area contributed by atoms with Crippen molar-refractivity contribution in [2.45, 2.75) is 32.0 Å². The second kappa shape index (κ2) is 10.4. The molecule has 0 aromatic heterocycles. The van der Waals surface area contributed by atoms with Crippen LogP contribution in [-0.2, 0) is 13.1 Å². The fourth-order valence-corrected chi connectivity index (χ4v) is 4.45. The quantitative estimate of drug-likeness (QED) is 0.555. The van der Waals surface area contributed by atoms with Crippen LogP contribution in [0.5, 0.6) is 0 Å². The fraction of sp³-hybridized carbons (Fsp3) is 0.269. The van der Waals surface area contributed by atoms with Gasteiger partial charge in [-0.15, -0.1) is 0 Å². The van der Waals surface area contributed by atoms with Gasteiger partial charge in [-0.3, -0.25) is 4.90 Å². The zero-order valence-electron chi connectivity index (χ0n) is 17.3. The molecule has 0 bridgehead atoms. The van der Waals surface area contributed by atoms with Crippen molar-refractivity contribution < 1.29 is 0 Å². The molecule has 1 aliphatic rings. The average molecular weight is 416 g/mol. The summed E-state index contributed by atoms with van der Waals surface area (Å²) >= 11 is 5.87. The van der Waals surface area contributed by atoms with Crippen molar-refractivity contribution >= 4 is 23.0 Å². The predicted octanol–water partition coefficient (Wildman–Crippen LogP) is 5.23. The van der Waals surface area contributed by atoms with E-state index in [2.05, 4.69) is 100 Å². The second-order valence-electron chi connectivity index (χ2n) is 7.84. The molecule has 3 nitrogen and oxygen atoms in total. The van der Waals surface area contributed by atoms with Gasteiger partial charge in [-0.05, 0) is 48.3 Å². The molecule has 0 atom stereocenters. The molecule has 4 rings (SSSR count). The van der Waals surface area contributed by atoms with E-state index in [9.17, 15) is 0 Å². The topological polar surface area (TPSA) is 18.5 Å². The van der Waals surface area contributed by atoms with Gasteiger partial charge >= 0.3 is 0 Å². The number of thiocarbonyl (C=S) groups is 1. The summed E-state index contributed by atoms with van der Waals surface area (Å²) in [6, 6.07) is 32.2. The number of likely N-dealkylation sites (tertiary alicyclic amines) is 1. The van der Waals surface area contributed by atoms with Crippen LogP contribution in [0.15, 0.2) is 91.0 Å². The van der Waals surface area contributed by atoms with Gasteiger partial charge in [-0.25, -0.2) is 0 Å². The number of anilines is 1. The summed E-state index contributed by atoms with van der Waals surface area (Å²) < 4.78 is 0. The molecule has 1 N–H and O–H groups in total. The lowest BCUT2D eigenvalue weighted by molar-refractivity contribution is 0.206. The molecule has 1 saturated heterocycles. The highest BCUT2D eigenvalue weighted by Crippen LogP contribution is 2.25. The number of nitrogens with zero attached hydrogens (tertiary/aromatic N) is 2. The Morgan fingerprint density at radius 3 is 1.93 bits per heavy atom. The molecule has 0 unspecified atom stereocenters.